The van der Waals surface area contributed by atoms with E-state index in [0.29, 0.717) is 12.0 Å². The van der Waals surface area contributed by atoms with Crippen LogP contribution in [0.3, 0.4) is 0 Å². The van der Waals surface area contributed by atoms with Gasteiger partial charge in [0.25, 0.3) is 0 Å². The molecule has 0 spiro atoms. The highest BCUT2D eigenvalue weighted by Crippen LogP contribution is 2.20. The van der Waals surface area contributed by atoms with Crippen LogP contribution < -0.4 is 0 Å². The molecule has 1 atom stereocenters. The molecule has 1 N–H and O–H groups in total. The van der Waals surface area contributed by atoms with Crippen LogP contribution in [0.4, 0.5) is 0 Å². The van der Waals surface area contributed by atoms with Gasteiger partial charge in [0.1, 0.15) is 6.10 Å². The third kappa shape index (κ3) is 10.3. The van der Waals surface area contributed by atoms with Gasteiger partial charge in [0.2, 0.25) is 0 Å². The number of aryl methyl sites for hydroxylation is 1. The minimum atomic E-state index is -0.960. The summed E-state index contributed by atoms with van der Waals surface area (Å²) in [5.41, 5.74) is 1.56. The second kappa shape index (κ2) is 15.9. The van der Waals surface area contributed by atoms with E-state index in [-0.39, 0.29) is 17.6 Å². The van der Waals surface area contributed by atoms with Crippen molar-refractivity contribution < 1.29 is 19.4 Å². The predicted molar refractivity (Wildman–Crippen MR) is 123 cm³/mol. The number of carboxylic acids is 1. The van der Waals surface area contributed by atoms with E-state index in [1.165, 1.54) is 57.4 Å². The molecule has 0 aromatic heterocycles. The lowest BCUT2D eigenvalue weighted by molar-refractivity contribution is 0.0265. The van der Waals surface area contributed by atoms with Crippen molar-refractivity contribution in [2.24, 2.45) is 0 Å². The number of carbonyl (C=O) groups is 2. The molecule has 4 nitrogen and oxygen atoms in total. The average molecular weight is 419 g/mol. The third-order valence-electron chi connectivity index (χ3n) is 5.73. The Morgan fingerprint density at radius 3 is 2.07 bits per heavy atom. The summed E-state index contributed by atoms with van der Waals surface area (Å²) in [6, 6.07) is 4.79. The summed E-state index contributed by atoms with van der Waals surface area (Å²) >= 11 is 0. The van der Waals surface area contributed by atoms with E-state index in [1.807, 2.05) is 6.92 Å². The average Bonchev–Trinajstić information content (AvgIpc) is 2.74. The fraction of sp³-hybridized carbons (Fsp3) is 0.692. The smallest absolute Gasteiger partial charge is 0.338 e. The molecule has 0 aliphatic carbocycles. The molecular formula is C26H42O4. The first-order valence-corrected chi connectivity index (χ1v) is 12.1. The van der Waals surface area contributed by atoms with Crippen molar-refractivity contribution in [1.82, 2.24) is 0 Å². The lowest BCUT2D eigenvalue weighted by Crippen LogP contribution is -2.19. The SMILES string of the molecule is CCCCCCCCCc1cc(C(=O)O)ccc1C(=O)OC(CC)CCCCCC. The van der Waals surface area contributed by atoms with Crippen LogP contribution in [-0.2, 0) is 11.2 Å². The Labute approximate surface area is 183 Å². The summed E-state index contributed by atoms with van der Waals surface area (Å²) in [5, 5.41) is 9.34. The summed E-state index contributed by atoms with van der Waals surface area (Å²) in [6.07, 6.45) is 15.3. The van der Waals surface area contributed by atoms with E-state index in [4.69, 9.17) is 4.74 Å². The molecule has 1 unspecified atom stereocenters. The van der Waals surface area contributed by atoms with E-state index < -0.39 is 5.97 Å². The third-order valence-corrected chi connectivity index (χ3v) is 5.73. The van der Waals surface area contributed by atoms with Gasteiger partial charge in [-0.1, -0.05) is 78.6 Å². The van der Waals surface area contributed by atoms with Crippen molar-refractivity contribution >= 4 is 11.9 Å². The highest BCUT2D eigenvalue weighted by Gasteiger charge is 2.19. The zero-order chi connectivity index (χ0) is 22.2. The molecule has 0 radical (unpaired) electrons. The van der Waals surface area contributed by atoms with E-state index in [9.17, 15) is 14.7 Å². The number of aromatic carboxylic acids is 1. The Morgan fingerprint density at radius 1 is 0.867 bits per heavy atom. The number of unbranched alkanes of at least 4 members (excludes halogenated alkanes) is 9. The second-order valence-corrected chi connectivity index (χ2v) is 8.33. The quantitative estimate of drug-likeness (QED) is 0.209. The van der Waals surface area contributed by atoms with Crippen LogP contribution in [0.2, 0.25) is 0 Å². The summed E-state index contributed by atoms with van der Waals surface area (Å²) in [5.74, 6) is -1.27. The van der Waals surface area contributed by atoms with Crippen molar-refractivity contribution in [3.8, 4) is 0 Å². The summed E-state index contributed by atoms with van der Waals surface area (Å²) in [7, 11) is 0. The highest BCUT2D eigenvalue weighted by atomic mass is 16.5. The van der Waals surface area contributed by atoms with Gasteiger partial charge in [-0.05, 0) is 55.9 Å². The largest absolute Gasteiger partial charge is 0.478 e. The molecule has 30 heavy (non-hydrogen) atoms. The number of rotatable bonds is 17. The molecule has 4 heteroatoms. The van der Waals surface area contributed by atoms with Gasteiger partial charge in [-0.2, -0.15) is 0 Å². The molecule has 0 amide bonds. The molecule has 0 heterocycles. The standard InChI is InChI=1S/C26H42O4/c1-4-7-9-11-12-13-14-16-21-20-22(25(27)28)18-19-24(21)26(29)30-23(6-3)17-15-10-8-5-2/h18-20,23H,4-17H2,1-3H3,(H,27,28). The van der Waals surface area contributed by atoms with E-state index in [2.05, 4.69) is 13.8 Å². The summed E-state index contributed by atoms with van der Waals surface area (Å²) in [6.45, 7) is 6.44. The van der Waals surface area contributed by atoms with Gasteiger partial charge in [-0.15, -0.1) is 0 Å². The lowest BCUT2D eigenvalue weighted by atomic mass is 9.97. The number of ether oxygens (including phenoxy) is 1. The molecular weight excluding hydrogens is 376 g/mol. The van der Waals surface area contributed by atoms with Gasteiger partial charge < -0.3 is 9.84 Å². The van der Waals surface area contributed by atoms with Crippen LogP contribution in [0, 0.1) is 0 Å². The lowest BCUT2D eigenvalue weighted by Gasteiger charge is -2.18. The Balaban J connectivity index is 2.71. The van der Waals surface area contributed by atoms with E-state index in [0.717, 1.165) is 37.7 Å². The Morgan fingerprint density at radius 2 is 1.47 bits per heavy atom. The maximum Gasteiger partial charge on any atom is 0.338 e. The molecule has 0 saturated carbocycles. The van der Waals surface area contributed by atoms with Gasteiger partial charge in [0.15, 0.2) is 0 Å². The van der Waals surface area contributed by atoms with E-state index >= 15 is 0 Å². The van der Waals surface area contributed by atoms with Gasteiger partial charge >= 0.3 is 11.9 Å². The minimum Gasteiger partial charge on any atom is -0.478 e. The zero-order valence-electron chi connectivity index (χ0n) is 19.4. The fourth-order valence-corrected chi connectivity index (χ4v) is 3.77. The number of esters is 1. The van der Waals surface area contributed by atoms with Gasteiger partial charge in [0, 0.05) is 0 Å². The number of carboxylic acid groups (broad SMARTS) is 1. The molecule has 170 valence electrons. The van der Waals surface area contributed by atoms with Crippen LogP contribution in [0.15, 0.2) is 18.2 Å². The Hall–Kier alpha value is -1.84. The maximum absolute atomic E-state index is 12.8. The number of benzene rings is 1. The van der Waals surface area contributed by atoms with Gasteiger partial charge in [-0.25, -0.2) is 9.59 Å². The zero-order valence-corrected chi connectivity index (χ0v) is 19.4. The normalized spacial score (nSPS) is 12.0. The second-order valence-electron chi connectivity index (χ2n) is 8.33. The molecule has 1 aromatic carbocycles. The Kier molecular flexibility index (Phi) is 13.9. The van der Waals surface area contributed by atoms with Crippen LogP contribution in [-0.4, -0.2) is 23.1 Å². The van der Waals surface area contributed by atoms with Crippen LogP contribution in [0.25, 0.3) is 0 Å². The molecule has 1 aromatic rings. The highest BCUT2D eigenvalue weighted by molar-refractivity contribution is 5.94. The van der Waals surface area contributed by atoms with Crippen molar-refractivity contribution in [2.75, 3.05) is 0 Å². The van der Waals surface area contributed by atoms with Crippen molar-refractivity contribution in [3.63, 3.8) is 0 Å². The molecule has 0 saturated heterocycles. The summed E-state index contributed by atoms with van der Waals surface area (Å²) in [4.78, 5) is 24.2. The van der Waals surface area contributed by atoms with Crippen molar-refractivity contribution in [1.29, 1.82) is 0 Å². The Bertz CT molecular complexity index is 623. The van der Waals surface area contributed by atoms with Crippen molar-refractivity contribution in [2.45, 2.75) is 117 Å². The predicted octanol–water partition coefficient (Wildman–Crippen LogP) is 7.58. The molecule has 1 rings (SSSR count). The molecule has 0 fully saturated rings. The first-order chi connectivity index (χ1) is 14.5. The van der Waals surface area contributed by atoms with E-state index in [1.54, 1.807) is 12.1 Å². The van der Waals surface area contributed by atoms with Gasteiger partial charge in [-0.3, -0.25) is 0 Å². The van der Waals surface area contributed by atoms with Gasteiger partial charge in [0.05, 0.1) is 11.1 Å². The topological polar surface area (TPSA) is 63.6 Å². The maximum atomic E-state index is 12.8. The van der Waals surface area contributed by atoms with Crippen LogP contribution in [0.1, 0.15) is 131 Å². The first-order valence-electron chi connectivity index (χ1n) is 12.1. The summed E-state index contributed by atoms with van der Waals surface area (Å²) < 4.78 is 5.79. The molecule has 0 aliphatic rings. The molecule has 0 aliphatic heterocycles. The number of hydrogen-bond donors (Lipinski definition) is 1. The molecule has 0 bridgehead atoms. The van der Waals surface area contributed by atoms with Crippen molar-refractivity contribution in [3.05, 3.63) is 34.9 Å². The van der Waals surface area contributed by atoms with Crippen LogP contribution >= 0.6 is 0 Å². The number of hydrogen-bond acceptors (Lipinski definition) is 3. The number of carbonyl (C=O) groups excluding carboxylic acids is 1. The van der Waals surface area contributed by atoms with Crippen LogP contribution in [0.5, 0.6) is 0 Å². The monoisotopic (exact) mass is 418 g/mol. The first kappa shape index (κ1) is 26.2. The fourth-order valence-electron chi connectivity index (χ4n) is 3.77. The minimum absolute atomic E-state index is 0.0695.